The van der Waals surface area contributed by atoms with Crippen molar-refractivity contribution in [1.29, 1.82) is 0 Å². The van der Waals surface area contributed by atoms with Crippen molar-refractivity contribution < 1.29 is 9.59 Å². The lowest BCUT2D eigenvalue weighted by Crippen LogP contribution is -2.37. The number of fused-ring (bicyclic) bond motifs is 1. The smallest absolute Gasteiger partial charge is 0.237 e. The van der Waals surface area contributed by atoms with E-state index >= 15 is 0 Å². The first kappa shape index (κ1) is 16.6. The number of rotatable bonds is 4. The number of hydrogen-bond donors (Lipinski definition) is 1. The molecule has 24 heavy (non-hydrogen) atoms. The van der Waals surface area contributed by atoms with Gasteiger partial charge in [-0.15, -0.1) is 11.8 Å². The normalized spacial score (nSPS) is 13.6. The second kappa shape index (κ2) is 7.09. The molecule has 1 aliphatic heterocycles. The molecule has 0 atom stereocenters. The third kappa shape index (κ3) is 3.46. The maximum atomic E-state index is 12.3. The molecular formula is C19H20N2O2S. The molecular weight excluding hydrogens is 320 g/mol. The number of nitrogens with zero attached hydrogens (tertiary/aromatic N) is 1. The molecule has 0 aliphatic carbocycles. The minimum atomic E-state index is -0.0732. The Morgan fingerprint density at radius 2 is 1.83 bits per heavy atom. The lowest BCUT2D eigenvalue weighted by Gasteiger charge is -2.28. The van der Waals surface area contributed by atoms with Gasteiger partial charge < -0.3 is 10.2 Å². The highest BCUT2D eigenvalue weighted by Gasteiger charge is 2.24. The van der Waals surface area contributed by atoms with Gasteiger partial charge in [-0.1, -0.05) is 30.3 Å². The molecule has 2 aromatic carbocycles. The molecule has 3 rings (SSSR count). The van der Waals surface area contributed by atoms with Crippen LogP contribution in [0.15, 0.2) is 47.4 Å². The summed E-state index contributed by atoms with van der Waals surface area (Å²) in [7, 11) is 0. The van der Waals surface area contributed by atoms with E-state index in [-0.39, 0.29) is 18.2 Å². The first-order valence-corrected chi connectivity index (χ1v) is 8.93. The summed E-state index contributed by atoms with van der Waals surface area (Å²) < 4.78 is 0. The maximum Gasteiger partial charge on any atom is 0.237 e. The van der Waals surface area contributed by atoms with Crippen molar-refractivity contribution in [3.05, 3.63) is 53.6 Å². The second-order valence-electron chi connectivity index (χ2n) is 5.87. The molecule has 0 spiro atoms. The summed E-state index contributed by atoms with van der Waals surface area (Å²) in [6.07, 6.45) is 0.276. The third-order valence-electron chi connectivity index (χ3n) is 4.12. The van der Waals surface area contributed by atoms with Crippen LogP contribution in [0, 0.1) is 13.8 Å². The van der Waals surface area contributed by atoms with Crippen LogP contribution in [0.4, 0.5) is 11.4 Å². The highest BCUT2D eigenvalue weighted by atomic mass is 32.2. The van der Waals surface area contributed by atoms with Crippen molar-refractivity contribution in [2.75, 3.05) is 22.5 Å². The molecule has 5 heteroatoms. The lowest BCUT2D eigenvalue weighted by molar-refractivity contribution is -0.117. The summed E-state index contributed by atoms with van der Waals surface area (Å²) in [4.78, 5) is 27.3. The first-order chi connectivity index (χ1) is 11.6. The van der Waals surface area contributed by atoms with Crippen molar-refractivity contribution in [1.82, 2.24) is 0 Å². The SMILES string of the molecule is Cc1cccc(C)c1NC(=O)CCN1C(=O)CSc2ccccc21. The molecule has 1 aliphatic rings. The molecule has 124 valence electrons. The molecule has 0 saturated carbocycles. The topological polar surface area (TPSA) is 49.4 Å². The number of carbonyl (C=O) groups excluding carboxylic acids is 2. The number of para-hydroxylation sites is 2. The van der Waals surface area contributed by atoms with Gasteiger partial charge in [0.05, 0.1) is 11.4 Å². The van der Waals surface area contributed by atoms with Crippen LogP contribution >= 0.6 is 11.8 Å². The van der Waals surface area contributed by atoms with Crippen LogP contribution < -0.4 is 10.2 Å². The van der Waals surface area contributed by atoms with Crippen LogP contribution in [0.3, 0.4) is 0 Å². The summed E-state index contributed by atoms with van der Waals surface area (Å²) in [5.74, 6) is 0.407. The van der Waals surface area contributed by atoms with Crippen molar-refractivity contribution in [2.45, 2.75) is 25.2 Å². The van der Waals surface area contributed by atoms with Gasteiger partial charge in [-0.05, 0) is 37.1 Å². The third-order valence-corrected chi connectivity index (χ3v) is 5.16. The van der Waals surface area contributed by atoms with E-state index in [0.29, 0.717) is 12.3 Å². The second-order valence-corrected chi connectivity index (χ2v) is 6.88. The molecule has 0 bridgehead atoms. The predicted molar refractivity (Wildman–Crippen MR) is 98.7 cm³/mol. The number of thioether (sulfide) groups is 1. The number of carbonyl (C=O) groups is 2. The van der Waals surface area contributed by atoms with Crippen LogP contribution in [0.1, 0.15) is 17.5 Å². The molecule has 0 fully saturated rings. The summed E-state index contributed by atoms with van der Waals surface area (Å²) in [5.41, 5.74) is 3.85. The fourth-order valence-electron chi connectivity index (χ4n) is 2.83. The van der Waals surface area contributed by atoms with Crippen molar-refractivity contribution in [3.63, 3.8) is 0 Å². The molecule has 1 N–H and O–H groups in total. The average molecular weight is 340 g/mol. The monoisotopic (exact) mass is 340 g/mol. The molecule has 2 aromatic rings. The van der Waals surface area contributed by atoms with E-state index in [1.165, 1.54) is 0 Å². The number of amides is 2. The van der Waals surface area contributed by atoms with Gasteiger partial charge in [0.1, 0.15) is 0 Å². The van der Waals surface area contributed by atoms with E-state index in [9.17, 15) is 9.59 Å². The maximum absolute atomic E-state index is 12.3. The van der Waals surface area contributed by atoms with E-state index in [2.05, 4.69) is 5.32 Å². The Hall–Kier alpha value is -2.27. The van der Waals surface area contributed by atoms with Gasteiger partial charge in [0.15, 0.2) is 0 Å². The molecule has 0 saturated heterocycles. The summed E-state index contributed by atoms with van der Waals surface area (Å²) in [6, 6.07) is 13.8. The Morgan fingerprint density at radius 1 is 1.12 bits per heavy atom. The highest BCUT2D eigenvalue weighted by Crippen LogP contribution is 2.34. The Bertz CT molecular complexity index is 768. The summed E-state index contributed by atoms with van der Waals surface area (Å²) >= 11 is 1.55. The number of hydrogen-bond acceptors (Lipinski definition) is 3. The molecule has 2 amide bonds. The van der Waals surface area contributed by atoms with E-state index in [1.54, 1.807) is 16.7 Å². The van der Waals surface area contributed by atoms with Crippen molar-refractivity contribution in [2.24, 2.45) is 0 Å². The van der Waals surface area contributed by atoms with E-state index in [4.69, 9.17) is 0 Å². The van der Waals surface area contributed by atoms with E-state index < -0.39 is 0 Å². The van der Waals surface area contributed by atoms with Crippen LogP contribution in [0.25, 0.3) is 0 Å². The molecule has 0 radical (unpaired) electrons. The van der Waals surface area contributed by atoms with Crippen LogP contribution in [-0.4, -0.2) is 24.1 Å². The standard InChI is InChI=1S/C19H20N2O2S/c1-13-6-5-7-14(2)19(13)20-17(22)10-11-21-15-8-3-4-9-16(15)24-12-18(21)23/h3-9H,10-12H2,1-2H3,(H,20,22). The molecule has 0 aromatic heterocycles. The zero-order valence-electron chi connectivity index (χ0n) is 13.8. The number of benzene rings is 2. The lowest BCUT2D eigenvalue weighted by atomic mass is 10.1. The van der Waals surface area contributed by atoms with Crippen molar-refractivity contribution >= 4 is 35.0 Å². The zero-order valence-corrected chi connectivity index (χ0v) is 14.7. The summed E-state index contributed by atoms with van der Waals surface area (Å²) in [6.45, 7) is 4.35. The van der Waals surface area contributed by atoms with Gasteiger partial charge in [-0.3, -0.25) is 9.59 Å². The van der Waals surface area contributed by atoms with Crippen LogP contribution in [-0.2, 0) is 9.59 Å². The number of anilines is 2. The Kier molecular flexibility index (Phi) is 4.90. The molecule has 0 unspecified atom stereocenters. The van der Waals surface area contributed by atoms with Crippen LogP contribution in [0.2, 0.25) is 0 Å². The van der Waals surface area contributed by atoms with Crippen molar-refractivity contribution in [3.8, 4) is 0 Å². The van der Waals surface area contributed by atoms with Gasteiger partial charge in [0, 0.05) is 23.5 Å². The van der Waals surface area contributed by atoms with Gasteiger partial charge in [0.2, 0.25) is 11.8 Å². The van der Waals surface area contributed by atoms with Gasteiger partial charge in [-0.25, -0.2) is 0 Å². The van der Waals surface area contributed by atoms with Gasteiger partial charge >= 0.3 is 0 Å². The fraction of sp³-hybridized carbons (Fsp3) is 0.263. The largest absolute Gasteiger partial charge is 0.326 e. The van der Waals surface area contributed by atoms with E-state index in [1.807, 2.05) is 56.3 Å². The minimum Gasteiger partial charge on any atom is -0.326 e. The van der Waals surface area contributed by atoms with Crippen LogP contribution in [0.5, 0.6) is 0 Å². The minimum absolute atomic E-state index is 0.0542. The molecule has 1 heterocycles. The van der Waals surface area contributed by atoms with E-state index in [0.717, 1.165) is 27.4 Å². The predicted octanol–water partition coefficient (Wildman–Crippen LogP) is 3.77. The molecule has 4 nitrogen and oxygen atoms in total. The fourth-order valence-corrected chi connectivity index (χ4v) is 3.76. The van der Waals surface area contributed by atoms with Gasteiger partial charge in [-0.2, -0.15) is 0 Å². The number of aryl methyl sites for hydroxylation is 2. The Balaban J connectivity index is 1.67. The highest BCUT2D eigenvalue weighted by molar-refractivity contribution is 8.00. The summed E-state index contributed by atoms with van der Waals surface area (Å²) in [5, 5.41) is 2.97. The Labute approximate surface area is 146 Å². The average Bonchev–Trinajstić information content (AvgIpc) is 2.57. The Morgan fingerprint density at radius 3 is 2.58 bits per heavy atom. The number of nitrogens with one attached hydrogen (secondary N) is 1. The van der Waals surface area contributed by atoms with Gasteiger partial charge in [0.25, 0.3) is 0 Å². The quantitative estimate of drug-likeness (QED) is 0.922. The zero-order chi connectivity index (χ0) is 17.1. The first-order valence-electron chi connectivity index (χ1n) is 7.94.